The largest absolute Gasteiger partial charge is 0.394 e. The van der Waals surface area contributed by atoms with E-state index in [9.17, 15) is 0 Å². The molecule has 0 aromatic heterocycles. The number of rotatable bonds is 4. The highest BCUT2D eigenvalue weighted by molar-refractivity contribution is 7.97. The molecule has 0 aliphatic heterocycles. The summed E-state index contributed by atoms with van der Waals surface area (Å²) in [6, 6.07) is 0. The van der Waals surface area contributed by atoms with Gasteiger partial charge in [0.1, 0.15) is 0 Å². The van der Waals surface area contributed by atoms with Gasteiger partial charge in [-0.2, -0.15) is 0 Å². The zero-order valence-electron chi connectivity index (χ0n) is 4.79. The predicted octanol–water partition coefficient (Wildman–Crippen LogP) is -0.793. The van der Waals surface area contributed by atoms with Gasteiger partial charge in [-0.05, 0) is 7.05 Å². The first-order chi connectivity index (χ1) is 3.81. The van der Waals surface area contributed by atoms with E-state index in [1.54, 1.807) is 7.05 Å². The van der Waals surface area contributed by atoms with Crippen molar-refractivity contribution in [2.75, 3.05) is 19.4 Å². The van der Waals surface area contributed by atoms with E-state index in [4.69, 9.17) is 10.2 Å². The average molecular weight is 137 g/mol. The molecule has 0 rings (SSSR count). The Balaban J connectivity index is 2.86. The maximum absolute atomic E-state index is 8.68. The first kappa shape index (κ1) is 8.23. The number of aliphatic hydroxyl groups excluding tert-OH is 2. The van der Waals surface area contributed by atoms with Crippen LogP contribution in [-0.2, 0) is 0 Å². The zero-order valence-corrected chi connectivity index (χ0v) is 5.61. The van der Waals surface area contributed by atoms with Crippen LogP contribution >= 0.6 is 11.9 Å². The number of hydrogen-bond acceptors (Lipinski definition) is 4. The lowest BCUT2D eigenvalue weighted by molar-refractivity contribution is 0.113. The van der Waals surface area contributed by atoms with E-state index in [0.29, 0.717) is 5.75 Å². The van der Waals surface area contributed by atoms with E-state index in [1.165, 1.54) is 11.9 Å². The van der Waals surface area contributed by atoms with Crippen molar-refractivity contribution in [3.63, 3.8) is 0 Å². The monoisotopic (exact) mass is 137 g/mol. The molecule has 1 atom stereocenters. The quantitative estimate of drug-likeness (QED) is 0.444. The molecule has 0 aromatic rings. The van der Waals surface area contributed by atoms with Crippen LogP contribution in [0.1, 0.15) is 0 Å². The lowest BCUT2D eigenvalue weighted by Crippen LogP contribution is -2.16. The highest BCUT2D eigenvalue weighted by Crippen LogP contribution is 1.93. The number of hydrogen-bond donors (Lipinski definition) is 3. The molecule has 0 aliphatic rings. The normalized spacial score (nSPS) is 13.9. The Bertz CT molecular complexity index is 53.3. The summed E-state index contributed by atoms with van der Waals surface area (Å²) in [5.41, 5.74) is 0. The van der Waals surface area contributed by atoms with E-state index in [-0.39, 0.29) is 6.61 Å². The fourth-order valence-corrected chi connectivity index (χ4v) is 0.697. The Hall–Kier alpha value is 0.230. The van der Waals surface area contributed by atoms with Crippen LogP contribution in [0.5, 0.6) is 0 Å². The van der Waals surface area contributed by atoms with E-state index in [0.717, 1.165) is 0 Å². The van der Waals surface area contributed by atoms with Crippen LogP contribution in [0, 0.1) is 0 Å². The van der Waals surface area contributed by atoms with Gasteiger partial charge in [0, 0.05) is 5.75 Å². The molecule has 0 aromatic carbocycles. The molecule has 3 N–H and O–H groups in total. The molecule has 0 bridgehead atoms. The molecule has 0 amide bonds. The molecular weight excluding hydrogens is 126 g/mol. The van der Waals surface area contributed by atoms with Gasteiger partial charge in [0.15, 0.2) is 0 Å². The third-order valence-electron chi connectivity index (χ3n) is 0.631. The molecular formula is C4H11NO2S. The summed E-state index contributed by atoms with van der Waals surface area (Å²) in [6.45, 7) is -0.158. The lowest BCUT2D eigenvalue weighted by Gasteiger charge is -2.03. The molecule has 0 fully saturated rings. The van der Waals surface area contributed by atoms with Gasteiger partial charge >= 0.3 is 0 Å². The molecule has 50 valence electrons. The van der Waals surface area contributed by atoms with Gasteiger partial charge in [-0.3, -0.25) is 4.72 Å². The SMILES string of the molecule is CNSCC(O)CO. The third kappa shape index (κ3) is 4.39. The fourth-order valence-electron chi connectivity index (χ4n) is 0.232. The molecule has 4 heteroatoms. The minimum absolute atomic E-state index is 0.158. The van der Waals surface area contributed by atoms with Crippen molar-refractivity contribution in [2.24, 2.45) is 0 Å². The van der Waals surface area contributed by atoms with Gasteiger partial charge in [0.25, 0.3) is 0 Å². The molecule has 3 nitrogen and oxygen atoms in total. The summed E-state index contributed by atoms with van der Waals surface area (Å²) in [6.07, 6.45) is -0.590. The Kier molecular flexibility index (Phi) is 5.52. The minimum atomic E-state index is -0.590. The van der Waals surface area contributed by atoms with Gasteiger partial charge in [0.2, 0.25) is 0 Å². The van der Waals surface area contributed by atoms with Crippen molar-refractivity contribution in [3.8, 4) is 0 Å². The van der Waals surface area contributed by atoms with Crippen molar-refractivity contribution in [1.82, 2.24) is 4.72 Å². The standard InChI is InChI=1S/C4H11NO2S/c1-5-8-3-4(7)2-6/h4-7H,2-3H2,1H3. The van der Waals surface area contributed by atoms with Gasteiger partial charge in [0.05, 0.1) is 12.7 Å². The molecule has 0 saturated heterocycles. The van der Waals surface area contributed by atoms with E-state index >= 15 is 0 Å². The lowest BCUT2D eigenvalue weighted by atomic mass is 10.4. The number of nitrogens with one attached hydrogen (secondary N) is 1. The van der Waals surface area contributed by atoms with Gasteiger partial charge in [-0.15, -0.1) is 0 Å². The smallest absolute Gasteiger partial charge is 0.0873 e. The van der Waals surface area contributed by atoms with Crippen LogP contribution in [0.25, 0.3) is 0 Å². The maximum Gasteiger partial charge on any atom is 0.0873 e. The van der Waals surface area contributed by atoms with Crippen LogP contribution in [0.15, 0.2) is 0 Å². The summed E-state index contributed by atoms with van der Waals surface area (Å²) in [5.74, 6) is 0.535. The van der Waals surface area contributed by atoms with E-state index < -0.39 is 6.10 Å². The Labute approximate surface area is 53.2 Å². The average Bonchev–Trinajstić information content (AvgIpc) is 1.83. The van der Waals surface area contributed by atoms with Crippen LogP contribution in [-0.4, -0.2) is 35.7 Å². The van der Waals surface area contributed by atoms with Gasteiger partial charge < -0.3 is 10.2 Å². The summed E-state index contributed by atoms with van der Waals surface area (Å²) < 4.78 is 2.78. The third-order valence-corrected chi connectivity index (χ3v) is 1.47. The number of aliphatic hydroxyl groups is 2. The predicted molar refractivity (Wildman–Crippen MR) is 34.6 cm³/mol. The fraction of sp³-hybridized carbons (Fsp3) is 1.00. The summed E-state index contributed by atoms with van der Waals surface area (Å²) in [7, 11) is 1.77. The maximum atomic E-state index is 8.68. The summed E-state index contributed by atoms with van der Waals surface area (Å²) in [5, 5.41) is 16.9. The van der Waals surface area contributed by atoms with Crippen LogP contribution in [0.2, 0.25) is 0 Å². The van der Waals surface area contributed by atoms with Crippen molar-refractivity contribution in [3.05, 3.63) is 0 Å². The molecule has 0 heterocycles. The van der Waals surface area contributed by atoms with E-state index in [2.05, 4.69) is 4.72 Å². The molecule has 0 aliphatic carbocycles. The van der Waals surface area contributed by atoms with E-state index in [1.807, 2.05) is 0 Å². The first-order valence-corrected chi connectivity index (χ1v) is 3.37. The molecule has 8 heavy (non-hydrogen) atoms. The molecule has 0 radical (unpaired) electrons. The zero-order chi connectivity index (χ0) is 6.41. The highest BCUT2D eigenvalue weighted by atomic mass is 32.2. The Morgan fingerprint density at radius 1 is 1.75 bits per heavy atom. The second-order valence-electron chi connectivity index (χ2n) is 1.35. The van der Waals surface area contributed by atoms with Gasteiger partial charge in [-0.1, -0.05) is 11.9 Å². The molecule has 1 unspecified atom stereocenters. The minimum Gasteiger partial charge on any atom is -0.394 e. The Morgan fingerprint density at radius 3 is 2.75 bits per heavy atom. The molecule has 0 spiro atoms. The first-order valence-electron chi connectivity index (χ1n) is 2.38. The highest BCUT2D eigenvalue weighted by Gasteiger charge is 1.98. The van der Waals surface area contributed by atoms with Crippen molar-refractivity contribution in [2.45, 2.75) is 6.10 Å². The van der Waals surface area contributed by atoms with Crippen molar-refractivity contribution < 1.29 is 10.2 Å². The second kappa shape index (κ2) is 5.37. The summed E-state index contributed by atoms with van der Waals surface area (Å²) >= 11 is 1.38. The van der Waals surface area contributed by atoms with Crippen LogP contribution in [0.4, 0.5) is 0 Å². The topological polar surface area (TPSA) is 52.5 Å². The van der Waals surface area contributed by atoms with Gasteiger partial charge in [-0.25, -0.2) is 0 Å². The Morgan fingerprint density at radius 2 is 2.38 bits per heavy atom. The molecule has 0 saturated carbocycles. The van der Waals surface area contributed by atoms with Crippen LogP contribution in [0.3, 0.4) is 0 Å². The van der Waals surface area contributed by atoms with Crippen LogP contribution < -0.4 is 4.72 Å². The van der Waals surface area contributed by atoms with Crippen molar-refractivity contribution >= 4 is 11.9 Å². The summed E-state index contributed by atoms with van der Waals surface area (Å²) in [4.78, 5) is 0. The second-order valence-corrected chi connectivity index (χ2v) is 2.38. The van der Waals surface area contributed by atoms with Crippen molar-refractivity contribution in [1.29, 1.82) is 0 Å².